The standard InChI is InChI=1S/C25H19BrCl2F3NO3/c1-2-3-9-34-23(33)19-8-7-17(18-5-4-6-20(26)22(18)19)21-13-24(35-32-21,25(29,30)31)14-10-15(27)12-16(28)11-14/h4-8,10-12H,2-3,9,13H2,1H3. The number of hydrogen-bond donors (Lipinski definition) is 0. The number of esters is 1. The molecule has 10 heteroatoms. The first kappa shape index (κ1) is 25.8. The first-order valence-electron chi connectivity index (χ1n) is 10.7. The van der Waals surface area contributed by atoms with Crippen molar-refractivity contribution in [3.63, 3.8) is 0 Å². The van der Waals surface area contributed by atoms with E-state index in [9.17, 15) is 18.0 Å². The van der Waals surface area contributed by atoms with Gasteiger partial charge in [0.15, 0.2) is 0 Å². The average molecular weight is 589 g/mol. The van der Waals surface area contributed by atoms with E-state index in [4.69, 9.17) is 32.8 Å². The number of nitrogens with zero attached hydrogens (tertiary/aromatic N) is 1. The van der Waals surface area contributed by atoms with E-state index < -0.39 is 24.2 Å². The molecule has 3 aromatic carbocycles. The van der Waals surface area contributed by atoms with E-state index in [1.807, 2.05) is 6.92 Å². The Morgan fingerprint density at radius 3 is 2.54 bits per heavy atom. The smallest absolute Gasteiger partial charge is 0.435 e. The maximum atomic E-state index is 14.4. The number of halogens is 6. The van der Waals surface area contributed by atoms with Crippen LogP contribution in [0.1, 0.15) is 47.7 Å². The maximum absolute atomic E-state index is 14.4. The van der Waals surface area contributed by atoms with Crippen molar-refractivity contribution in [2.45, 2.75) is 38.0 Å². The molecule has 4 rings (SSSR count). The van der Waals surface area contributed by atoms with Crippen LogP contribution in [0.4, 0.5) is 13.2 Å². The largest absolute Gasteiger partial charge is 0.462 e. The van der Waals surface area contributed by atoms with Crippen LogP contribution >= 0.6 is 39.1 Å². The Kier molecular flexibility index (Phi) is 7.36. The lowest BCUT2D eigenvalue weighted by Crippen LogP contribution is -2.42. The minimum Gasteiger partial charge on any atom is -0.462 e. The molecule has 0 radical (unpaired) electrons. The van der Waals surface area contributed by atoms with Crippen molar-refractivity contribution in [2.24, 2.45) is 5.16 Å². The molecule has 0 amide bonds. The minimum absolute atomic E-state index is 0.0495. The highest BCUT2D eigenvalue weighted by molar-refractivity contribution is 9.10. The molecule has 0 fully saturated rings. The summed E-state index contributed by atoms with van der Waals surface area (Å²) in [5.74, 6) is -0.510. The summed E-state index contributed by atoms with van der Waals surface area (Å²) in [6.07, 6.45) is -3.82. The van der Waals surface area contributed by atoms with E-state index in [0.717, 1.165) is 12.8 Å². The quantitative estimate of drug-likeness (QED) is 0.214. The highest BCUT2D eigenvalue weighted by atomic mass is 79.9. The van der Waals surface area contributed by atoms with Gasteiger partial charge in [0.25, 0.3) is 5.60 Å². The van der Waals surface area contributed by atoms with Gasteiger partial charge in [-0.25, -0.2) is 4.79 Å². The highest BCUT2D eigenvalue weighted by Gasteiger charge is 2.62. The zero-order chi connectivity index (χ0) is 25.4. The first-order valence-corrected chi connectivity index (χ1v) is 12.3. The number of rotatable bonds is 6. The van der Waals surface area contributed by atoms with Crippen LogP contribution in [0.2, 0.25) is 10.0 Å². The topological polar surface area (TPSA) is 47.9 Å². The number of carbonyl (C=O) groups is 1. The van der Waals surface area contributed by atoms with Crippen molar-refractivity contribution in [2.75, 3.05) is 6.61 Å². The van der Waals surface area contributed by atoms with Gasteiger partial charge >= 0.3 is 12.1 Å². The number of fused-ring (bicyclic) bond motifs is 1. The van der Waals surface area contributed by atoms with E-state index in [-0.39, 0.29) is 27.9 Å². The summed E-state index contributed by atoms with van der Waals surface area (Å²) < 4.78 is 49.2. The molecule has 1 aliphatic heterocycles. The van der Waals surface area contributed by atoms with E-state index in [1.165, 1.54) is 24.3 Å². The molecule has 35 heavy (non-hydrogen) atoms. The van der Waals surface area contributed by atoms with Gasteiger partial charge in [0, 0.05) is 37.5 Å². The molecule has 1 heterocycles. The second-order valence-corrected chi connectivity index (χ2v) is 9.83. The molecule has 1 aliphatic rings. The van der Waals surface area contributed by atoms with E-state index >= 15 is 0 Å². The predicted octanol–water partition coefficient (Wildman–Crippen LogP) is 8.45. The van der Waals surface area contributed by atoms with E-state index in [2.05, 4.69) is 21.1 Å². The van der Waals surface area contributed by atoms with Crippen molar-refractivity contribution in [3.05, 3.63) is 79.7 Å². The number of carbonyl (C=O) groups excluding carboxylic acids is 1. The van der Waals surface area contributed by atoms with Crippen molar-refractivity contribution in [1.82, 2.24) is 0 Å². The van der Waals surface area contributed by atoms with Crippen LogP contribution in [0.5, 0.6) is 0 Å². The first-order chi connectivity index (χ1) is 16.6. The van der Waals surface area contributed by atoms with Crippen molar-refractivity contribution < 1.29 is 27.5 Å². The Balaban J connectivity index is 1.78. The summed E-state index contributed by atoms with van der Waals surface area (Å²) in [7, 11) is 0. The van der Waals surface area contributed by atoms with Crippen LogP contribution in [0.25, 0.3) is 10.8 Å². The molecular weight excluding hydrogens is 570 g/mol. The summed E-state index contributed by atoms with van der Waals surface area (Å²) in [5.41, 5.74) is -2.22. The van der Waals surface area contributed by atoms with Gasteiger partial charge < -0.3 is 9.57 Å². The summed E-state index contributed by atoms with van der Waals surface area (Å²) >= 11 is 15.4. The lowest BCUT2D eigenvalue weighted by molar-refractivity contribution is -0.275. The molecule has 0 aromatic heterocycles. The van der Waals surface area contributed by atoms with Gasteiger partial charge in [-0.15, -0.1) is 0 Å². The molecule has 0 N–H and O–H groups in total. The fraction of sp³-hybridized carbons (Fsp3) is 0.280. The zero-order valence-electron chi connectivity index (χ0n) is 18.4. The number of hydrogen-bond acceptors (Lipinski definition) is 4. The van der Waals surface area contributed by atoms with Gasteiger partial charge in [-0.1, -0.05) is 75.8 Å². The van der Waals surface area contributed by atoms with Gasteiger partial charge in [0.05, 0.1) is 17.9 Å². The summed E-state index contributed by atoms with van der Waals surface area (Å²) in [5, 5.41) is 5.01. The van der Waals surface area contributed by atoms with Crippen LogP contribution in [-0.4, -0.2) is 24.5 Å². The molecule has 0 saturated heterocycles. The van der Waals surface area contributed by atoms with Crippen LogP contribution in [0, 0.1) is 0 Å². The summed E-state index contributed by atoms with van der Waals surface area (Å²) in [6, 6.07) is 12.0. The third-order valence-electron chi connectivity index (χ3n) is 5.77. The van der Waals surface area contributed by atoms with E-state index in [0.29, 0.717) is 26.4 Å². The van der Waals surface area contributed by atoms with E-state index in [1.54, 1.807) is 24.3 Å². The molecule has 1 atom stereocenters. The maximum Gasteiger partial charge on any atom is 0.435 e. The van der Waals surface area contributed by atoms with Gasteiger partial charge in [0.1, 0.15) is 0 Å². The molecule has 184 valence electrons. The van der Waals surface area contributed by atoms with Crippen molar-refractivity contribution in [1.29, 1.82) is 0 Å². The lowest BCUT2D eigenvalue weighted by Gasteiger charge is -2.29. The van der Waals surface area contributed by atoms with Crippen LogP contribution in [0.3, 0.4) is 0 Å². The second kappa shape index (κ2) is 9.99. The Bertz CT molecular complexity index is 1310. The number of benzene rings is 3. The normalized spacial score (nSPS) is 17.9. The summed E-state index contributed by atoms with van der Waals surface area (Å²) in [4.78, 5) is 17.9. The Morgan fingerprint density at radius 2 is 1.89 bits per heavy atom. The fourth-order valence-corrected chi connectivity index (χ4v) is 5.11. The number of unbranched alkanes of at least 4 members (excludes halogenated alkanes) is 1. The number of alkyl halides is 3. The third kappa shape index (κ3) is 4.88. The van der Waals surface area contributed by atoms with Crippen molar-refractivity contribution in [3.8, 4) is 0 Å². The molecule has 4 nitrogen and oxygen atoms in total. The average Bonchev–Trinajstić information content (AvgIpc) is 3.25. The number of ether oxygens (including phenoxy) is 1. The third-order valence-corrected chi connectivity index (χ3v) is 6.86. The molecular formula is C25H19BrCl2F3NO3. The SMILES string of the molecule is CCCCOC(=O)c1ccc(C2=NOC(c3cc(Cl)cc(Cl)c3)(C(F)(F)F)C2)c2cccc(Br)c12. The molecule has 3 aromatic rings. The molecule has 0 saturated carbocycles. The van der Waals surface area contributed by atoms with Crippen molar-refractivity contribution >= 4 is 61.6 Å². The fourth-order valence-electron chi connectivity index (χ4n) is 4.01. The van der Waals surface area contributed by atoms with Gasteiger partial charge in [-0.05, 0) is 42.1 Å². The zero-order valence-corrected chi connectivity index (χ0v) is 21.5. The predicted molar refractivity (Wildman–Crippen MR) is 133 cm³/mol. The summed E-state index contributed by atoms with van der Waals surface area (Å²) in [6.45, 7) is 2.26. The van der Waals surface area contributed by atoms with Crippen LogP contribution in [0.15, 0.2) is 58.2 Å². The minimum atomic E-state index is -4.81. The lowest BCUT2D eigenvalue weighted by atomic mass is 9.85. The Hall–Kier alpha value is -2.29. The van der Waals surface area contributed by atoms with Gasteiger partial charge in [0.2, 0.25) is 0 Å². The van der Waals surface area contributed by atoms with Gasteiger partial charge in [-0.3, -0.25) is 0 Å². The number of oxime groups is 1. The van der Waals surface area contributed by atoms with Gasteiger partial charge in [-0.2, -0.15) is 13.2 Å². The molecule has 0 spiro atoms. The Morgan fingerprint density at radius 1 is 1.17 bits per heavy atom. The van der Waals surface area contributed by atoms with Crippen LogP contribution < -0.4 is 0 Å². The highest BCUT2D eigenvalue weighted by Crippen LogP contribution is 2.50. The second-order valence-electron chi connectivity index (χ2n) is 8.10. The van der Waals surface area contributed by atoms with Crippen LogP contribution in [-0.2, 0) is 15.2 Å². The Labute approximate surface area is 218 Å². The molecule has 0 bridgehead atoms. The monoisotopic (exact) mass is 587 g/mol. The molecule has 0 aliphatic carbocycles. The molecule has 1 unspecified atom stereocenters.